The van der Waals surface area contributed by atoms with E-state index in [-0.39, 0.29) is 0 Å². The highest BCUT2D eigenvalue weighted by Gasteiger charge is 2.51. The zero-order valence-corrected chi connectivity index (χ0v) is 9.71. The number of hydrogen-bond acceptors (Lipinski definition) is 1. The first-order chi connectivity index (χ1) is 7.92. The average Bonchev–Trinajstić information content (AvgIpc) is 2.12. The lowest BCUT2D eigenvalue weighted by Crippen LogP contribution is -2.37. The van der Waals surface area contributed by atoms with Crippen LogP contribution in [0.5, 0.6) is 0 Å². The molecule has 110 valence electrons. The summed E-state index contributed by atoms with van der Waals surface area (Å²) in [5, 5.41) is 8.43. The zero-order valence-electron chi connectivity index (χ0n) is 9.71. The van der Waals surface area contributed by atoms with Gasteiger partial charge in [-0.25, -0.2) is 4.39 Å². The highest BCUT2D eigenvalue weighted by molar-refractivity contribution is 4.82. The van der Waals surface area contributed by atoms with Crippen molar-refractivity contribution in [3.63, 3.8) is 0 Å². The summed E-state index contributed by atoms with van der Waals surface area (Å²) in [7, 11) is 0. The molecule has 18 heavy (non-hydrogen) atoms. The smallest absolute Gasteiger partial charge is 0.396 e. The Bertz CT molecular complexity index is 244. The van der Waals surface area contributed by atoms with E-state index >= 15 is 0 Å². The molecule has 1 N–H and O–H groups in total. The quantitative estimate of drug-likeness (QED) is 0.731. The zero-order chi connectivity index (χ0) is 14.6. The van der Waals surface area contributed by atoms with E-state index in [2.05, 4.69) is 0 Å². The molecule has 0 bridgehead atoms. The van der Waals surface area contributed by atoms with Gasteiger partial charge in [0.05, 0.1) is 5.92 Å². The highest BCUT2D eigenvalue weighted by atomic mass is 19.4. The fourth-order valence-corrected chi connectivity index (χ4v) is 1.45. The van der Waals surface area contributed by atoms with Crippen LogP contribution < -0.4 is 0 Å². The van der Waals surface area contributed by atoms with Crippen molar-refractivity contribution in [3.05, 3.63) is 0 Å². The van der Waals surface area contributed by atoms with Crippen molar-refractivity contribution in [2.75, 3.05) is 6.61 Å². The molecule has 0 amide bonds. The summed E-state index contributed by atoms with van der Waals surface area (Å²) in [6.07, 6.45) is -12.4. The van der Waals surface area contributed by atoms with Crippen LogP contribution in [0.25, 0.3) is 0 Å². The number of aliphatic hydroxyl groups is 1. The SMILES string of the molecule is CC(F)(CCCC(CCO)C(F)(F)F)C(F)(F)F. The standard InChI is InChI=1S/C10H15F7O/c1-8(11,10(15,16)17)5-2-3-7(4-6-18)9(12,13)14/h7,18H,2-6H2,1H3. The van der Waals surface area contributed by atoms with E-state index in [0.29, 0.717) is 6.92 Å². The molecule has 0 aliphatic rings. The fraction of sp³-hybridized carbons (Fsp3) is 1.00. The van der Waals surface area contributed by atoms with Crippen molar-refractivity contribution < 1.29 is 35.8 Å². The van der Waals surface area contributed by atoms with Crippen LogP contribution in [-0.4, -0.2) is 29.7 Å². The largest absolute Gasteiger partial charge is 0.422 e. The first-order valence-corrected chi connectivity index (χ1v) is 5.35. The monoisotopic (exact) mass is 284 g/mol. The topological polar surface area (TPSA) is 20.2 Å². The maximum absolute atomic E-state index is 13.1. The number of rotatable bonds is 6. The lowest BCUT2D eigenvalue weighted by molar-refractivity contribution is -0.227. The molecule has 8 heteroatoms. The first-order valence-electron chi connectivity index (χ1n) is 5.35. The summed E-state index contributed by atoms with van der Waals surface area (Å²) in [6, 6.07) is 0. The van der Waals surface area contributed by atoms with Crippen LogP contribution in [0.1, 0.15) is 32.6 Å². The van der Waals surface area contributed by atoms with Crippen molar-refractivity contribution in [1.29, 1.82) is 0 Å². The van der Waals surface area contributed by atoms with Crippen LogP contribution >= 0.6 is 0 Å². The Balaban J connectivity index is 4.32. The Morgan fingerprint density at radius 3 is 1.78 bits per heavy atom. The van der Waals surface area contributed by atoms with Crippen LogP contribution in [0.2, 0.25) is 0 Å². The molecule has 2 unspecified atom stereocenters. The molecule has 0 aromatic carbocycles. The fourth-order valence-electron chi connectivity index (χ4n) is 1.45. The number of halogens is 7. The van der Waals surface area contributed by atoms with Gasteiger partial charge in [-0.1, -0.05) is 0 Å². The van der Waals surface area contributed by atoms with Crippen molar-refractivity contribution in [1.82, 2.24) is 0 Å². The van der Waals surface area contributed by atoms with Crippen LogP contribution in [0.15, 0.2) is 0 Å². The van der Waals surface area contributed by atoms with Crippen molar-refractivity contribution in [2.24, 2.45) is 5.92 Å². The molecule has 0 fully saturated rings. The van der Waals surface area contributed by atoms with Gasteiger partial charge in [0.15, 0.2) is 0 Å². The molecule has 0 aromatic heterocycles. The molecule has 0 rings (SSSR count). The summed E-state index contributed by atoms with van der Waals surface area (Å²) in [4.78, 5) is 0. The van der Waals surface area contributed by atoms with Gasteiger partial charge in [0.2, 0.25) is 5.67 Å². The Morgan fingerprint density at radius 1 is 0.944 bits per heavy atom. The number of aliphatic hydroxyl groups excluding tert-OH is 1. The maximum atomic E-state index is 13.1. The second-order valence-corrected chi connectivity index (χ2v) is 4.34. The first kappa shape index (κ1) is 17.5. The third-order valence-corrected chi connectivity index (χ3v) is 2.73. The van der Waals surface area contributed by atoms with E-state index < -0.39 is 56.2 Å². The Hall–Kier alpha value is -0.530. The van der Waals surface area contributed by atoms with E-state index in [9.17, 15) is 30.7 Å². The lowest BCUT2D eigenvalue weighted by Gasteiger charge is -2.25. The van der Waals surface area contributed by atoms with Gasteiger partial charge in [0, 0.05) is 6.61 Å². The molecule has 0 heterocycles. The minimum atomic E-state index is -5.09. The van der Waals surface area contributed by atoms with E-state index in [1.165, 1.54) is 0 Å². The molecule has 0 aliphatic heterocycles. The predicted octanol–water partition coefficient (Wildman–Crippen LogP) is 4.01. The Labute approximate surface area is 100.0 Å². The Kier molecular flexibility index (Phi) is 5.90. The minimum absolute atomic E-state index is 0.307. The summed E-state index contributed by atoms with van der Waals surface area (Å²) >= 11 is 0. The van der Waals surface area contributed by atoms with E-state index in [0.717, 1.165) is 0 Å². The minimum Gasteiger partial charge on any atom is -0.396 e. The van der Waals surface area contributed by atoms with Gasteiger partial charge in [0.25, 0.3) is 0 Å². The second-order valence-electron chi connectivity index (χ2n) is 4.34. The van der Waals surface area contributed by atoms with Crippen molar-refractivity contribution >= 4 is 0 Å². The average molecular weight is 284 g/mol. The summed E-state index contributed by atoms with van der Waals surface area (Å²) in [5.74, 6) is -1.90. The predicted molar refractivity (Wildman–Crippen MR) is 50.7 cm³/mol. The Morgan fingerprint density at radius 2 is 1.44 bits per heavy atom. The van der Waals surface area contributed by atoms with Gasteiger partial charge in [-0.05, 0) is 32.6 Å². The molecule has 0 spiro atoms. The number of alkyl halides is 7. The van der Waals surface area contributed by atoms with Crippen LogP contribution in [0, 0.1) is 5.92 Å². The molecule has 0 radical (unpaired) electrons. The molecular formula is C10H15F7O. The van der Waals surface area contributed by atoms with E-state index in [1.807, 2.05) is 0 Å². The van der Waals surface area contributed by atoms with Gasteiger partial charge >= 0.3 is 12.4 Å². The molecular weight excluding hydrogens is 269 g/mol. The van der Waals surface area contributed by atoms with Gasteiger partial charge < -0.3 is 5.11 Å². The summed E-state index contributed by atoms with van der Waals surface area (Å²) < 4.78 is 86.4. The summed E-state index contributed by atoms with van der Waals surface area (Å²) in [6.45, 7) is -0.405. The normalized spacial score (nSPS) is 18.5. The molecule has 0 saturated heterocycles. The summed E-state index contributed by atoms with van der Waals surface area (Å²) in [5.41, 5.74) is -3.48. The van der Waals surface area contributed by atoms with Crippen molar-refractivity contribution in [2.45, 2.75) is 50.6 Å². The van der Waals surface area contributed by atoms with Crippen LogP contribution in [0.4, 0.5) is 30.7 Å². The van der Waals surface area contributed by atoms with Crippen LogP contribution in [-0.2, 0) is 0 Å². The second kappa shape index (κ2) is 6.08. The van der Waals surface area contributed by atoms with Crippen LogP contribution in [0.3, 0.4) is 0 Å². The van der Waals surface area contributed by atoms with Gasteiger partial charge in [-0.3, -0.25) is 0 Å². The van der Waals surface area contributed by atoms with Gasteiger partial charge in [-0.2, -0.15) is 26.3 Å². The molecule has 1 nitrogen and oxygen atoms in total. The molecule has 0 aliphatic carbocycles. The van der Waals surface area contributed by atoms with Gasteiger partial charge in [0.1, 0.15) is 0 Å². The van der Waals surface area contributed by atoms with Crippen molar-refractivity contribution in [3.8, 4) is 0 Å². The molecule has 2 atom stereocenters. The van der Waals surface area contributed by atoms with E-state index in [4.69, 9.17) is 5.11 Å². The third-order valence-electron chi connectivity index (χ3n) is 2.73. The third kappa shape index (κ3) is 5.41. The number of hydrogen-bond donors (Lipinski definition) is 1. The highest BCUT2D eigenvalue weighted by Crippen LogP contribution is 2.39. The molecule has 0 aromatic rings. The van der Waals surface area contributed by atoms with E-state index in [1.54, 1.807) is 0 Å². The van der Waals surface area contributed by atoms with Gasteiger partial charge in [-0.15, -0.1) is 0 Å². The maximum Gasteiger partial charge on any atom is 0.422 e. The molecule has 0 saturated carbocycles. The lowest BCUT2D eigenvalue weighted by atomic mass is 9.93.